The van der Waals surface area contributed by atoms with E-state index in [2.05, 4.69) is 4.98 Å². The van der Waals surface area contributed by atoms with Crippen molar-refractivity contribution in [3.8, 4) is 5.75 Å². The van der Waals surface area contributed by atoms with Gasteiger partial charge in [-0.2, -0.15) is 0 Å². The summed E-state index contributed by atoms with van der Waals surface area (Å²) in [6, 6.07) is 18.3. The van der Waals surface area contributed by atoms with Gasteiger partial charge < -0.3 is 14.6 Å². The van der Waals surface area contributed by atoms with Crippen molar-refractivity contribution < 1.29 is 18.3 Å². The molecule has 1 atom stereocenters. The number of para-hydroxylation sites is 1. The van der Waals surface area contributed by atoms with Crippen molar-refractivity contribution in [2.75, 3.05) is 7.11 Å². The lowest BCUT2D eigenvalue weighted by Crippen LogP contribution is -2.31. The number of carbonyl (C=O) groups excluding carboxylic acids is 1. The van der Waals surface area contributed by atoms with Crippen molar-refractivity contribution in [1.82, 2.24) is 9.88 Å². The number of H-pyrrole nitrogens is 1. The van der Waals surface area contributed by atoms with E-state index < -0.39 is 17.7 Å². The molecule has 1 aliphatic heterocycles. The van der Waals surface area contributed by atoms with Crippen LogP contribution in [0.2, 0.25) is 0 Å². The lowest BCUT2D eigenvalue weighted by atomic mass is 9.99. The fourth-order valence-corrected chi connectivity index (χ4v) is 4.19. The molecule has 2 heterocycles. The minimum Gasteiger partial charge on any atom is -0.496 e. The van der Waals surface area contributed by atoms with Crippen LogP contribution in [0.15, 0.2) is 66.7 Å². The van der Waals surface area contributed by atoms with Gasteiger partial charge in [0.25, 0.3) is 5.91 Å². The topological polar surface area (TPSA) is 45.3 Å². The predicted molar refractivity (Wildman–Crippen MR) is 109 cm³/mol. The van der Waals surface area contributed by atoms with E-state index in [0.29, 0.717) is 11.3 Å². The van der Waals surface area contributed by atoms with Gasteiger partial charge in [-0.05, 0) is 41.3 Å². The molecule has 0 spiro atoms. The predicted octanol–water partition coefficient (Wildman–Crippen LogP) is 5.20. The van der Waals surface area contributed by atoms with Crippen LogP contribution in [-0.2, 0) is 6.54 Å². The van der Waals surface area contributed by atoms with Crippen LogP contribution < -0.4 is 4.74 Å². The van der Waals surface area contributed by atoms with Crippen molar-refractivity contribution in [1.29, 1.82) is 0 Å². The quantitative estimate of drug-likeness (QED) is 0.508. The molecule has 1 amide bonds. The first-order valence-electron chi connectivity index (χ1n) is 9.57. The first-order valence-corrected chi connectivity index (χ1v) is 9.57. The Hall–Kier alpha value is -3.67. The van der Waals surface area contributed by atoms with Gasteiger partial charge in [0.2, 0.25) is 0 Å². The van der Waals surface area contributed by atoms with E-state index in [1.165, 1.54) is 13.2 Å². The summed E-state index contributed by atoms with van der Waals surface area (Å²) >= 11 is 0. The van der Waals surface area contributed by atoms with Crippen LogP contribution >= 0.6 is 0 Å². The molecule has 30 heavy (non-hydrogen) atoms. The standard InChI is InChI=1S/C24H18F2N2O2/c1-30-20-11-10-17(25)22(26)21(20)23(19-12-14-6-3-5-9-18(14)27-19)28-13-15-7-2-4-8-16(15)24(28)29/h2-12,23,27H,13H2,1H3/t23-/m0/s1. The number of fused-ring (bicyclic) bond motifs is 2. The average molecular weight is 404 g/mol. The molecular weight excluding hydrogens is 386 g/mol. The van der Waals surface area contributed by atoms with E-state index in [4.69, 9.17) is 4.74 Å². The van der Waals surface area contributed by atoms with Crippen molar-refractivity contribution >= 4 is 16.8 Å². The number of carbonyl (C=O) groups is 1. The Kier molecular flexibility index (Phi) is 4.28. The van der Waals surface area contributed by atoms with Crippen LogP contribution in [0, 0.1) is 11.6 Å². The van der Waals surface area contributed by atoms with E-state index >= 15 is 4.39 Å². The van der Waals surface area contributed by atoms with E-state index in [1.807, 2.05) is 42.5 Å². The fraction of sp³-hybridized carbons (Fsp3) is 0.125. The number of aromatic amines is 1. The number of hydrogen-bond acceptors (Lipinski definition) is 2. The molecule has 150 valence electrons. The number of nitrogens with one attached hydrogen (secondary N) is 1. The molecule has 3 aromatic carbocycles. The van der Waals surface area contributed by atoms with Crippen LogP contribution in [0.4, 0.5) is 8.78 Å². The summed E-state index contributed by atoms with van der Waals surface area (Å²) in [5.74, 6) is -2.07. The zero-order chi connectivity index (χ0) is 20.8. The third-order valence-corrected chi connectivity index (χ3v) is 5.59. The number of benzene rings is 3. The molecule has 0 bridgehead atoms. The number of amides is 1. The zero-order valence-corrected chi connectivity index (χ0v) is 16.2. The maximum Gasteiger partial charge on any atom is 0.255 e. The second-order valence-corrected chi connectivity index (χ2v) is 7.28. The van der Waals surface area contributed by atoms with Gasteiger partial charge in [-0.15, -0.1) is 0 Å². The molecule has 6 heteroatoms. The second kappa shape index (κ2) is 6.99. The van der Waals surface area contributed by atoms with E-state index in [9.17, 15) is 9.18 Å². The summed E-state index contributed by atoms with van der Waals surface area (Å²) < 4.78 is 34.8. The highest BCUT2D eigenvalue weighted by Crippen LogP contribution is 2.41. The number of hydrogen-bond donors (Lipinski definition) is 1. The maximum absolute atomic E-state index is 15.1. The Bertz CT molecular complexity index is 1250. The van der Waals surface area contributed by atoms with Gasteiger partial charge in [-0.3, -0.25) is 4.79 Å². The summed E-state index contributed by atoms with van der Waals surface area (Å²) in [5, 5.41) is 0.914. The highest BCUT2D eigenvalue weighted by atomic mass is 19.2. The largest absolute Gasteiger partial charge is 0.496 e. The molecule has 0 aliphatic carbocycles. The van der Waals surface area contributed by atoms with Crippen LogP contribution in [0.5, 0.6) is 5.75 Å². The molecule has 0 saturated heterocycles. The normalized spacial score (nSPS) is 14.2. The Morgan fingerprint density at radius 2 is 1.80 bits per heavy atom. The number of methoxy groups -OCH3 is 1. The summed E-state index contributed by atoms with van der Waals surface area (Å²) in [6.07, 6.45) is 0. The van der Waals surface area contributed by atoms with Gasteiger partial charge in [0.15, 0.2) is 11.6 Å². The second-order valence-electron chi connectivity index (χ2n) is 7.28. The molecule has 0 unspecified atom stereocenters. The highest BCUT2D eigenvalue weighted by molar-refractivity contribution is 5.99. The van der Waals surface area contributed by atoms with E-state index in [0.717, 1.165) is 22.5 Å². The number of ether oxygens (including phenoxy) is 1. The van der Waals surface area contributed by atoms with Crippen LogP contribution in [0.25, 0.3) is 10.9 Å². The Morgan fingerprint density at radius 1 is 1.03 bits per heavy atom. The van der Waals surface area contributed by atoms with Crippen molar-refractivity contribution in [3.63, 3.8) is 0 Å². The highest BCUT2D eigenvalue weighted by Gasteiger charge is 2.38. The van der Waals surface area contributed by atoms with Crippen molar-refractivity contribution in [2.24, 2.45) is 0 Å². The number of nitrogens with zero attached hydrogens (tertiary/aromatic N) is 1. The average Bonchev–Trinajstić information content (AvgIpc) is 3.33. The monoisotopic (exact) mass is 404 g/mol. The lowest BCUT2D eigenvalue weighted by molar-refractivity contribution is 0.0723. The molecule has 0 radical (unpaired) electrons. The number of halogens is 2. The third-order valence-electron chi connectivity index (χ3n) is 5.59. The lowest BCUT2D eigenvalue weighted by Gasteiger charge is -2.29. The van der Waals surface area contributed by atoms with Gasteiger partial charge >= 0.3 is 0 Å². The van der Waals surface area contributed by atoms with Crippen LogP contribution in [-0.4, -0.2) is 22.9 Å². The number of rotatable bonds is 4. The van der Waals surface area contributed by atoms with E-state index in [-0.39, 0.29) is 23.8 Å². The first kappa shape index (κ1) is 18.4. The van der Waals surface area contributed by atoms with Crippen LogP contribution in [0.1, 0.15) is 33.2 Å². The van der Waals surface area contributed by atoms with E-state index in [1.54, 1.807) is 17.0 Å². The third kappa shape index (κ3) is 2.76. The van der Waals surface area contributed by atoms with Gasteiger partial charge in [0.05, 0.1) is 12.7 Å². The molecule has 0 fully saturated rings. The zero-order valence-electron chi connectivity index (χ0n) is 16.2. The number of aromatic nitrogens is 1. The fourth-order valence-electron chi connectivity index (χ4n) is 4.19. The molecule has 4 aromatic rings. The molecule has 1 aromatic heterocycles. The van der Waals surface area contributed by atoms with Crippen molar-refractivity contribution in [3.05, 3.63) is 101 Å². The summed E-state index contributed by atoms with van der Waals surface area (Å²) in [5.41, 5.74) is 2.83. The smallest absolute Gasteiger partial charge is 0.255 e. The summed E-state index contributed by atoms with van der Waals surface area (Å²) in [4.78, 5) is 18.1. The summed E-state index contributed by atoms with van der Waals surface area (Å²) in [6.45, 7) is 0.286. The van der Waals surface area contributed by atoms with Crippen molar-refractivity contribution in [2.45, 2.75) is 12.6 Å². The Morgan fingerprint density at radius 3 is 2.57 bits per heavy atom. The Labute approximate surface area is 171 Å². The molecule has 0 saturated carbocycles. The van der Waals surface area contributed by atoms with Crippen LogP contribution in [0.3, 0.4) is 0 Å². The Balaban J connectivity index is 1.74. The van der Waals surface area contributed by atoms with Gasteiger partial charge in [-0.1, -0.05) is 36.4 Å². The van der Waals surface area contributed by atoms with Gasteiger partial charge in [-0.25, -0.2) is 8.78 Å². The molecule has 5 rings (SSSR count). The SMILES string of the molecule is COc1ccc(F)c(F)c1[C@H](c1cc2ccccc2[nH]1)N1Cc2ccccc2C1=O. The summed E-state index contributed by atoms with van der Waals surface area (Å²) in [7, 11) is 1.40. The first-order chi connectivity index (χ1) is 14.6. The molecule has 4 nitrogen and oxygen atoms in total. The maximum atomic E-state index is 15.1. The van der Waals surface area contributed by atoms with Gasteiger partial charge in [0, 0.05) is 23.3 Å². The minimum atomic E-state index is -1.03. The molecule has 1 N–H and O–H groups in total. The minimum absolute atomic E-state index is 0.00906. The molecule has 1 aliphatic rings. The van der Waals surface area contributed by atoms with Gasteiger partial charge in [0.1, 0.15) is 11.8 Å². The molecular formula is C24H18F2N2O2.